The van der Waals surface area contributed by atoms with Crippen LogP contribution in [0.1, 0.15) is 17.3 Å². The molecule has 2 N–H and O–H groups in total. The van der Waals surface area contributed by atoms with E-state index in [1.54, 1.807) is 6.92 Å². The number of hydrogen-bond donors (Lipinski definition) is 2. The summed E-state index contributed by atoms with van der Waals surface area (Å²) in [5.41, 5.74) is 3.16. The SMILES string of the molecule is CCOC1C(=O)N(Nc2ccc(C(=O)O)cc2)C1=O. The lowest BCUT2D eigenvalue weighted by molar-refractivity contribution is -0.175. The van der Waals surface area contributed by atoms with E-state index < -0.39 is 23.9 Å². The number of rotatable bonds is 5. The Labute approximate surface area is 108 Å². The minimum Gasteiger partial charge on any atom is -0.478 e. The fourth-order valence-corrected chi connectivity index (χ4v) is 1.62. The molecule has 0 spiro atoms. The highest BCUT2D eigenvalue weighted by Crippen LogP contribution is 2.19. The number of nitrogens with zero attached hydrogens (tertiary/aromatic N) is 1. The van der Waals surface area contributed by atoms with Crippen molar-refractivity contribution in [2.24, 2.45) is 0 Å². The second kappa shape index (κ2) is 5.07. The van der Waals surface area contributed by atoms with Gasteiger partial charge in [0.15, 0.2) is 0 Å². The number of hydrogen-bond acceptors (Lipinski definition) is 5. The van der Waals surface area contributed by atoms with Crippen LogP contribution in [0.4, 0.5) is 5.69 Å². The van der Waals surface area contributed by atoms with Crippen molar-refractivity contribution in [3.8, 4) is 0 Å². The van der Waals surface area contributed by atoms with Crippen molar-refractivity contribution in [2.75, 3.05) is 12.0 Å². The number of carboxylic acids is 1. The van der Waals surface area contributed by atoms with Crippen LogP contribution in [0.15, 0.2) is 24.3 Å². The van der Waals surface area contributed by atoms with E-state index in [9.17, 15) is 14.4 Å². The molecule has 2 amide bonds. The number of ether oxygens (including phenoxy) is 1. The lowest BCUT2D eigenvalue weighted by Gasteiger charge is -2.35. The zero-order chi connectivity index (χ0) is 14.0. The summed E-state index contributed by atoms with van der Waals surface area (Å²) in [5, 5.41) is 9.58. The monoisotopic (exact) mass is 264 g/mol. The molecule has 0 radical (unpaired) electrons. The van der Waals surface area contributed by atoms with Gasteiger partial charge in [0.05, 0.1) is 11.3 Å². The number of carbonyl (C=O) groups excluding carboxylic acids is 2. The lowest BCUT2D eigenvalue weighted by Crippen LogP contribution is -2.64. The lowest BCUT2D eigenvalue weighted by atomic mass is 10.1. The Hall–Kier alpha value is -2.41. The maximum Gasteiger partial charge on any atom is 0.335 e. The molecule has 1 aliphatic heterocycles. The molecule has 1 fully saturated rings. The second-order valence-electron chi connectivity index (χ2n) is 3.84. The average molecular weight is 264 g/mol. The summed E-state index contributed by atoms with van der Waals surface area (Å²) in [7, 11) is 0. The average Bonchev–Trinajstić information content (AvgIpc) is 2.42. The van der Waals surface area contributed by atoms with Gasteiger partial charge in [-0.3, -0.25) is 15.0 Å². The molecule has 1 heterocycles. The van der Waals surface area contributed by atoms with E-state index >= 15 is 0 Å². The number of imide groups is 1. The molecule has 0 saturated carbocycles. The minimum atomic E-state index is -1.04. The molecule has 2 rings (SSSR count). The van der Waals surface area contributed by atoms with Gasteiger partial charge in [0, 0.05) is 6.61 Å². The van der Waals surface area contributed by atoms with E-state index in [1.165, 1.54) is 24.3 Å². The number of β-lactam (4-membered cyclic amide) rings is 2. The van der Waals surface area contributed by atoms with Crippen molar-refractivity contribution < 1.29 is 24.2 Å². The molecule has 0 atom stereocenters. The first kappa shape index (κ1) is 13.0. The van der Waals surface area contributed by atoms with Gasteiger partial charge in [0.1, 0.15) is 0 Å². The third kappa shape index (κ3) is 2.41. The maximum atomic E-state index is 11.6. The van der Waals surface area contributed by atoms with Crippen LogP contribution in [-0.4, -0.2) is 40.6 Å². The highest BCUT2D eigenvalue weighted by atomic mass is 16.5. The summed E-state index contributed by atoms with van der Waals surface area (Å²) < 4.78 is 4.96. The van der Waals surface area contributed by atoms with Gasteiger partial charge < -0.3 is 9.84 Å². The molecular weight excluding hydrogens is 252 g/mol. The predicted molar refractivity (Wildman–Crippen MR) is 64.3 cm³/mol. The fourth-order valence-electron chi connectivity index (χ4n) is 1.62. The zero-order valence-corrected chi connectivity index (χ0v) is 10.1. The van der Waals surface area contributed by atoms with Crippen molar-refractivity contribution in [1.29, 1.82) is 0 Å². The molecule has 7 nitrogen and oxygen atoms in total. The molecule has 100 valence electrons. The Kier molecular flexibility index (Phi) is 3.48. The highest BCUT2D eigenvalue weighted by Gasteiger charge is 2.48. The maximum absolute atomic E-state index is 11.6. The van der Waals surface area contributed by atoms with Crippen LogP contribution in [0.2, 0.25) is 0 Å². The van der Waals surface area contributed by atoms with Gasteiger partial charge >= 0.3 is 5.97 Å². The molecule has 1 saturated heterocycles. The smallest absolute Gasteiger partial charge is 0.335 e. The number of nitrogens with one attached hydrogen (secondary N) is 1. The molecule has 1 aromatic rings. The van der Waals surface area contributed by atoms with Crippen LogP contribution in [0.5, 0.6) is 0 Å². The Bertz CT molecular complexity index is 509. The first-order valence-electron chi connectivity index (χ1n) is 5.64. The topological polar surface area (TPSA) is 95.9 Å². The van der Waals surface area contributed by atoms with Crippen molar-refractivity contribution in [3.63, 3.8) is 0 Å². The van der Waals surface area contributed by atoms with E-state index in [-0.39, 0.29) is 12.2 Å². The molecule has 0 unspecified atom stereocenters. The molecule has 0 bridgehead atoms. The van der Waals surface area contributed by atoms with Crippen molar-refractivity contribution in [2.45, 2.75) is 13.0 Å². The summed E-state index contributed by atoms with van der Waals surface area (Å²) in [6.45, 7) is 1.98. The van der Waals surface area contributed by atoms with Gasteiger partial charge in [-0.15, -0.1) is 0 Å². The van der Waals surface area contributed by atoms with Crippen LogP contribution in [0.3, 0.4) is 0 Å². The molecule has 7 heteroatoms. The summed E-state index contributed by atoms with van der Waals surface area (Å²) in [5.74, 6) is -1.97. The van der Waals surface area contributed by atoms with E-state index in [4.69, 9.17) is 9.84 Å². The Morgan fingerprint density at radius 3 is 2.37 bits per heavy atom. The first-order chi connectivity index (χ1) is 9.04. The summed E-state index contributed by atoms with van der Waals surface area (Å²) >= 11 is 0. The number of amides is 2. The summed E-state index contributed by atoms with van der Waals surface area (Å²) in [6.07, 6.45) is -1.03. The van der Waals surface area contributed by atoms with Gasteiger partial charge in [-0.25, -0.2) is 4.79 Å². The molecule has 19 heavy (non-hydrogen) atoms. The van der Waals surface area contributed by atoms with E-state index in [0.29, 0.717) is 5.69 Å². The molecule has 1 aromatic carbocycles. The largest absolute Gasteiger partial charge is 0.478 e. The Morgan fingerprint density at radius 2 is 1.89 bits per heavy atom. The van der Waals surface area contributed by atoms with Crippen molar-refractivity contribution >= 4 is 23.5 Å². The molecule has 1 aliphatic rings. The van der Waals surface area contributed by atoms with Gasteiger partial charge in [-0.2, -0.15) is 5.01 Å². The van der Waals surface area contributed by atoms with Crippen LogP contribution in [-0.2, 0) is 14.3 Å². The van der Waals surface area contributed by atoms with E-state index in [0.717, 1.165) is 5.01 Å². The summed E-state index contributed by atoms with van der Waals surface area (Å²) in [6, 6.07) is 5.69. The second-order valence-corrected chi connectivity index (χ2v) is 3.84. The van der Waals surface area contributed by atoms with Crippen LogP contribution in [0.25, 0.3) is 0 Å². The van der Waals surface area contributed by atoms with E-state index in [2.05, 4.69) is 5.43 Å². The van der Waals surface area contributed by atoms with Crippen molar-refractivity contribution in [3.05, 3.63) is 29.8 Å². The zero-order valence-electron chi connectivity index (χ0n) is 10.1. The highest BCUT2D eigenvalue weighted by molar-refractivity contribution is 6.21. The number of aromatic carboxylic acids is 1. The molecular formula is C12H12N2O5. The number of anilines is 1. The summed E-state index contributed by atoms with van der Waals surface area (Å²) in [4.78, 5) is 33.8. The first-order valence-corrected chi connectivity index (χ1v) is 5.64. The predicted octanol–water partition coefficient (Wildman–Crippen LogP) is 0.486. The molecule has 0 aromatic heterocycles. The Balaban J connectivity index is 2.01. The van der Waals surface area contributed by atoms with Gasteiger partial charge in [-0.1, -0.05) is 0 Å². The number of carboxylic acid groups (broad SMARTS) is 1. The minimum absolute atomic E-state index is 0.124. The van der Waals surface area contributed by atoms with Crippen molar-refractivity contribution in [1.82, 2.24) is 5.01 Å². The van der Waals surface area contributed by atoms with Crippen LogP contribution in [0, 0.1) is 0 Å². The third-order valence-electron chi connectivity index (χ3n) is 2.60. The number of benzene rings is 1. The molecule has 0 aliphatic carbocycles. The quantitative estimate of drug-likeness (QED) is 0.593. The normalized spacial score (nSPS) is 15.3. The van der Waals surface area contributed by atoms with E-state index in [1.807, 2.05) is 0 Å². The fraction of sp³-hybridized carbons (Fsp3) is 0.250. The Morgan fingerprint density at radius 1 is 1.32 bits per heavy atom. The van der Waals surface area contributed by atoms with Crippen LogP contribution >= 0.6 is 0 Å². The van der Waals surface area contributed by atoms with Gasteiger partial charge in [0.25, 0.3) is 11.8 Å². The standard InChI is InChI=1S/C12H12N2O5/c1-2-19-9-10(15)14(11(9)16)13-8-5-3-7(4-6-8)12(17)18/h3-6,9,13H,2H2,1H3,(H,17,18). The van der Waals surface area contributed by atoms with Gasteiger partial charge in [0.2, 0.25) is 6.10 Å². The number of hydrazine groups is 1. The van der Waals surface area contributed by atoms with Crippen LogP contribution < -0.4 is 5.43 Å². The number of carbonyl (C=O) groups is 3. The third-order valence-corrected chi connectivity index (χ3v) is 2.60. The van der Waals surface area contributed by atoms with Gasteiger partial charge in [-0.05, 0) is 31.2 Å².